The highest BCUT2D eigenvalue weighted by Gasteiger charge is 2.11. The lowest BCUT2D eigenvalue weighted by atomic mass is 10.0. The third-order valence-corrected chi connectivity index (χ3v) is 2.72. The third kappa shape index (κ3) is 3.23. The Morgan fingerprint density at radius 1 is 1.24 bits per heavy atom. The smallest absolute Gasteiger partial charge is 0.129 e. The van der Waals surface area contributed by atoms with Crippen molar-refractivity contribution in [3.8, 4) is 0 Å². The van der Waals surface area contributed by atoms with Crippen molar-refractivity contribution < 1.29 is 0 Å². The van der Waals surface area contributed by atoms with Gasteiger partial charge in [0.1, 0.15) is 5.15 Å². The maximum absolute atomic E-state index is 5.74. The fourth-order valence-corrected chi connectivity index (χ4v) is 1.71. The number of rotatable bonds is 4. The second kappa shape index (κ2) is 5.72. The molecule has 0 amide bonds. The van der Waals surface area contributed by atoms with Crippen molar-refractivity contribution in [2.45, 2.75) is 12.5 Å². The third-order valence-electron chi connectivity index (χ3n) is 2.49. The van der Waals surface area contributed by atoms with Crippen LogP contribution in [0.5, 0.6) is 0 Å². The maximum Gasteiger partial charge on any atom is 0.129 e. The minimum Gasteiger partial charge on any atom is -0.271 e. The van der Waals surface area contributed by atoms with Crippen molar-refractivity contribution in [2.24, 2.45) is 5.84 Å². The fraction of sp³-hybridized carbons (Fsp3) is 0.167. The number of nitrogens with zero attached hydrogens (tertiary/aromatic N) is 2. The van der Waals surface area contributed by atoms with E-state index in [2.05, 4.69) is 15.4 Å². The van der Waals surface area contributed by atoms with Gasteiger partial charge in [0.2, 0.25) is 0 Å². The predicted octanol–water partition coefficient (Wildman–Crippen LogP) is 1.88. The molecule has 0 aliphatic carbocycles. The van der Waals surface area contributed by atoms with Crippen LogP contribution in [0.15, 0.2) is 42.7 Å². The Kier molecular flexibility index (Phi) is 4.03. The number of aromatic nitrogens is 2. The average molecular weight is 249 g/mol. The first-order valence-electron chi connectivity index (χ1n) is 5.27. The molecule has 88 valence electrons. The number of nitrogens with one attached hydrogen (secondary N) is 1. The Balaban J connectivity index is 2.14. The van der Waals surface area contributed by atoms with Gasteiger partial charge in [-0.05, 0) is 23.8 Å². The van der Waals surface area contributed by atoms with E-state index in [4.69, 9.17) is 17.4 Å². The molecule has 0 aliphatic rings. The number of hydrogen-bond acceptors (Lipinski definition) is 4. The molecule has 0 radical (unpaired) electrons. The highest BCUT2D eigenvalue weighted by molar-refractivity contribution is 6.29. The molecule has 0 fully saturated rings. The van der Waals surface area contributed by atoms with E-state index in [9.17, 15) is 0 Å². The van der Waals surface area contributed by atoms with Gasteiger partial charge in [0.25, 0.3) is 0 Å². The highest BCUT2D eigenvalue weighted by Crippen LogP contribution is 2.17. The van der Waals surface area contributed by atoms with Crippen LogP contribution in [0.4, 0.5) is 0 Å². The predicted molar refractivity (Wildman–Crippen MR) is 67.3 cm³/mol. The number of nitrogens with two attached hydrogens (primary N) is 1. The zero-order chi connectivity index (χ0) is 12.1. The monoisotopic (exact) mass is 248 g/mol. The fourth-order valence-electron chi connectivity index (χ4n) is 1.59. The highest BCUT2D eigenvalue weighted by atomic mass is 35.5. The standard InChI is InChI=1S/C12H13ClN4/c13-12-5-4-9(8-16-12)11(17-14)7-10-3-1-2-6-15-10/h1-6,8,11,17H,7,14H2. The van der Waals surface area contributed by atoms with E-state index in [1.54, 1.807) is 18.5 Å². The van der Waals surface area contributed by atoms with Crippen molar-refractivity contribution in [3.05, 3.63) is 59.1 Å². The van der Waals surface area contributed by atoms with Gasteiger partial charge >= 0.3 is 0 Å². The molecular formula is C12H13ClN4. The second-order valence-electron chi connectivity index (χ2n) is 3.66. The normalized spacial score (nSPS) is 12.4. The molecule has 2 heterocycles. The van der Waals surface area contributed by atoms with E-state index in [1.165, 1.54) is 0 Å². The van der Waals surface area contributed by atoms with E-state index >= 15 is 0 Å². The first kappa shape index (κ1) is 12.0. The summed E-state index contributed by atoms with van der Waals surface area (Å²) in [4.78, 5) is 8.31. The molecule has 1 atom stereocenters. The molecule has 17 heavy (non-hydrogen) atoms. The number of pyridine rings is 2. The van der Waals surface area contributed by atoms with Crippen LogP contribution in [0.3, 0.4) is 0 Å². The van der Waals surface area contributed by atoms with Gasteiger partial charge in [-0.15, -0.1) is 0 Å². The minimum absolute atomic E-state index is 0.0188. The van der Waals surface area contributed by atoms with Crippen LogP contribution in [0.1, 0.15) is 17.3 Å². The molecule has 0 bridgehead atoms. The number of halogens is 1. The summed E-state index contributed by atoms with van der Waals surface area (Å²) in [6, 6.07) is 9.44. The Morgan fingerprint density at radius 2 is 2.12 bits per heavy atom. The topological polar surface area (TPSA) is 63.8 Å². The molecule has 4 nitrogen and oxygen atoms in total. The lowest BCUT2D eigenvalue weighted by Gasteiger charge is -2.15. The second-order valence-corrected chi connectivity index (χ2v) is 4.05. The van der Waals surface area contributed by atoms with E-state index < -0.39 is 0 Å². The van der Waals surface area contributed by atoms with Gasteiger partial charge in [-0.3, -0.25) is 16.3 Å². The minimum atomic E-state index is -0.0188. The Bertz CT molecular complexity index is 458. The van der Waals surface area contributed by atoms with E-state index in [0.717, 1.165) is 11.3 Å². The van der Waals surface area contributed by atoms with Crippen LogP contribution in [0, 0.1) is 0 Å². The van der Waals surface area contributed by atoms with Crippen LogP contribution in [-0.4, -0.2) is 9.97 Å². The van der Waals surface area contributed by atoms with Gasteiger partial charge in [0, 0.05) is 24.5 Å². The van der Waals surface area contributed by atoms with E-state index in [0.29, 0.717) is 11.6 Å². The summed E-state index contributed by atoms with van der Waals surface area (Å²) in [5.41, 5.74) is 4.73. The molecule has 1 unspecified atom stereocenters. The summed E-state index contributed by atoms with van der Waals surface area (Å²) >= 11 is 5.74. The summed E-state index contributed by atoms with van der Waals surface area (Å²) in [6.07, 6.45) is 4.19. The van der Waals surface area contributed by atoms with Crippen molar-refractivity contribution in [1.29, 1.82) is 0 Å². The summed E-state index contributed by atoms with van der Waals surface area (Å²) in [5.74, 6) is 5.55. The van der Waals surface area contributed by atoms with Gasteiger partial charge in [-0.2, -0.15) is 0 Å². The quantitative estimate of drug-likeness (QED) is 0.493. The Labute approximate surface area is 105 Å². The van der Waals surface area contributed by atoms with Gasteiger partial charge in [0.15, 0.2) is 0 Å². The zero-order valence-electron chi connectivity index (χ0n) is 9.18. The first-order chi connectivity index (χ1) is 8.29. The summed E-state index contributed by atoms with van der Waals surface area (Å²) in [7, 11) is 0. The van der Waals surface area contributed by atoms with Crippen LogP contribution in [-0.2, 0) is 6.42 Å². The molecule has 0 aliphatic heterocycles. The molecule has 2 aromatic rings. The van der Waals surface area contributed by atoms with Crippen LogP contribution in [0.25, 0.3) is 0 Å². The largest absolute Gasteiger partial charge is 0.271 e. The first-order valence-corrected chi connectivity index (χ1v) is 5.65. The Hall–Kier alpha value is -1.49. The van der Waals surface area contributed by atoms with Gasteiger partial charge in [-0.1, -0.05) is 23.7 Å². The number of hydrazine groups is 1. The van der Waals surface area contributed by atoms with Crippen molar-refractivity contribution >= 4 is 11.6 Å². The van der Waals surface area contributed by atoms with Crippen LogP contribution < -0.4 is 11.3 Å². The van der Waals surface area contributed by atoms with Gasteiger partial charge in [-0.25, -0.2) is 4.98 Å². The Morgan fingerprint density at radius 3 is 2.71 bits per heavy atom. The molecule has 0 aromatic carbocycles. The molecular weight excluding hydrogens is 236 g/mol. The van der Waals surface area contributed by atoms with Crippen LogP contribution in [0.2, 0.25) is 5.15 Å². The molecule has 0 spiro atoms. The maximum atomic E-state index is 5.74. The molecule has 0 saturated carbocycles. The average Bonchev–Trinajstić information content (AvgIpc) is 2.38. The lowest BCUT2D eigenvalue weighted by Crippen LogP contribution is -2.29. The van der Waals surface area contributed by atoms with E-state index in [-0.39, 0.29) is 6.04 Å². The molecule has 5 heteroatoms. The van der Waals surface area contributed by atoms with Gasteiger partial charge < -0.3 is 0 Å². The summed E-state index contributed by atoms with van der Waals surface area (Å²) < 4.78 is 0. The van der Waals surface area contributed by atoms with Gasteiger partial charge in [0.05, 0.1) is 6.04 Å². The summed E-state index contributed by atoms with van der Waals surface area (Å²) in [6.45, 7) is 0. The summed E-state index contributed by atoms with van der Waals surface area (Å²) in [5, 5.41) is 0.474. The SMILES string of the molecule is NNC(Cc1ccccn1)c1ccc(Cl)nc1. The van der Waals surface area contributed by atoms with Crippen molar-refractivity contribution in [1.82, 2.24) is 15.4 Å². The van der Waals surface area contributed by atoms with Crippen LogP contribution >= 0.6 is 11.6 Å². The molecule has 2 aromatic heterocycles. The molecule has 0 saturated heterocycles. The number of hydrogen-bond donors (Lipinski definition) is 2. The van der Waals surface area contributed by atoms with Crippen molar-refractivity contribution in [2.75, 3.05) is 0 Å². The molecule has 2 rings (SSSR count). The lowest BCUT2D eigenvalue weighted by molar-refractivity contribution is 0.544. The molecule has 3 N–H and O–H groups in total. The van der Waals surface area contributed by atoms with E-state index in [1.807, 2.05) is 24.3 Å². The zero-order valence-corrected chi connectivity index (χ0v) is 9.93. The van der Waals surface area contributed by atoms with Crippen molar-refractivity contribution in [3.63, 3.8) is 0 Å².